The van der Waals surface area contributed by atoms with Gasteiger partial charge in [-0.1, -0.05) is 24.1 Å². The van der Waals surface area contributed by atoms with Crippen LogP contribution in [0.2, 0.25) is 5.02 Å². The average Bonchev–Trinajstić information content (AvgIpc) is 2.99. The molecule has 0 spiro atoms. The van der Waals surface area contributed by atoms with E-state index in [0.717, 1.165) is 88.6 Å². The van der Waals surface area contributed by atoms with E-state index >= 15 is 0 Å². The van der Waals surface area contributed by atoms with Crippen LogP contribution in [0.15, 0.2) is 53.6 Å². The Balaban J connectivity index is 0.000000200. The average molecular weight is 578 g/mol. The molecule has 0 saturated carbocycles. The molecule has 3 saturated heterocycles. The van der Waals surface area contributed by atoms with E-state index in [-0.39, 0.29) is 0 Å². The number of aromatic nitrogens is 1. The van der Waals surface area contributed by atoms with Crippen LogP contribution in [0.4, 0.5) is 5.82 Å². The first-order valence-electron chi connectivity index (χ1n) is 13.9. The fourth-order valence-electron chi connectivity index (χ4n) is 5.22. The predicted octanol–water partition coefficient (Wildman–Crippen LogP) is 4.32. The molecule has 3 aliphatic heterocycles. The number of anilines is 1. The van der Waals surface area contributed by atoms with Gasteiger partial charge in [-0.2, -0.15) is 0 Å². The van der Waals surface area contributed by atoms with Crippen LogP contribution in [0.1, 0.15) is 39.0 Å². The summed E-state index contributed by atoms with van der Waals surface area (Å²) in [4.78, 5) is 22.8. The molecule has 0 N–H and O–H groups in total. The maximum atomic E-state index is 12.3. The van der Waals surface area contributed by atoms with Crippen LogP contribution in [0.25, 0.3) is 0 Å². The molecule has 1 unspecified atom stereocenters. The van der Waals surface area contributed by atoms with Gasteiger partial charge in [0.15, 0.2) is 0 Å². The van der Waals surface area contributed by atoms with Gasteiger partial charge in [0, 0.05) is 83.3 Å². The highest BCUT2D eigenvalue weighted by atomic mass is 35.5. The van der Waals surface area contributed by atoms with Crippen molar-refractivity contribution in [3.05, 3.63) is 53.7 Å². The Morgan fingerprint density at radius 2 is 1.59 bits per heavy atom. The fraction of sp³-hybridized carbons (Fsp3) is 0.586. The Morgan fingerprint density at radius 3 is 2.15 bits per heavy atom. The number of likely N-dealkylation sites (tertiary alicyclic amines) is 1. The molecule has 0 bridgehead atoms. The van der Waals surface area contributed by atoms with E-state index in [1.807, 2.05) is 35.4 Å². The number of hydrogen-bond acceptors (Lipinski definition) is 6. The maximum absolute atomic E-state index is 12.3. The van der Waals surface area contributed by atoms with Gasteiger partial charge < -0.3 is 14.5 Å². The number of halogens is 1. The van der Waals surface area contributed by atoms with Crippen LogP contribution in [-0.2, 0) is 20.5 Å². The van der Waals surface area contributed by atoms with Gasteiger partial charge in [0.1, 0.15) is 16.8 Å². The lowest BCUT2D eigenvalue weighted by molar-refractivity contribution is -0.119. The standard InChI is InChI=1S/C15H22N4O.C12H16ClNOS.C2H6O/c20-13-17-7-4-14(5-8-17)18-9-11-19(12-10-18)15-3-1-2-6-16-15;1-10-4-2-3-9-14(10)16(15)12-7-5-11(13)6-8-12;1-3-2/h1-3,6,13-14H,4-5,7-12H2;5-8,10H,2-4,9H2,1H3;1-2H3/t;10-,16?;/m.1./s1. The lowest BCUT2D eigenvalue weighted by Gasteiger charge is -2.42. The van der Waals surface area contributed by atoms with Gasteiger partial charge in [0.25, 0.3) is 0 Å². The molecule has 0 radical (unpaired) electrons. The number of hydrogen-bond donors (Lipinski definition) is 0. The van der Waals surface area contributed by atoms with E-state index in [9.17, 15) is 9.00 Å². The lowest BCUT2D eigenvalue weighted by Crippen LogP contribution is -2.53. The number of pyridine rings is 1. The van der Waals surface area contributed by atoms with Crippen LogP contribution in [0.5, 0.6) is 0 Å². The number of methoxy groups -OCH3 is 1. The quantitative estimate of drug-likeness (QED) is 0.493. The molecule has 4 heterocycles. The van der Waals surface area contributed by atoms with Crippen molar-refractivity contribution in [3.63, 3.8) is 0 Å². The fourth-order valence-corrected chi connectivity index (χ4v) is 6.71. The second-order valence-electron chi connectivity index (χ2n) is 10.2. The second kappa shape index (κ2) is 16.9. The number of ether oxygens (including phenoxy) is 1. The summed E-state index contributed by atoms with van der Waals surface area (Å²) >= 11 is 5.82. The summed E-state index contributed by atoms with van der Waals surface area (Å²) < 4.78 is 18.6. The Kier molecular flexibility index (Phi) is 13.7. The smallest absolute Gasteiger partial charge is 0.209 e. The predicted molar refractivity (Wildman–Crippen MR) is 159 cm³/mol. The van der Waals surface area contributed by atoms with Gasteiger partial charge in [0.05, 0.1) is 4.90 Å². The van der Waals surface area contributed by atoms with Gasteiger partial charge in [-0.05, 0) is 69.0 Å². The van der Waals surface area contributed by atoms with Crippen molar-refractivity contribution in [3.8, 4) is 0 Å². The van der Waals surface area contributed by atoms with Crippen molar-refractivity contribution in [1.82, 2.24) is 19.1 Å². The normalized spacial score (nSPS) is 21.7. The number of carbonyl (C=O) groups excluding carboxylic acids is 1. The summed E-state index contributed by atoms with van der Waals surface area (Å²) in [6.45, 7) is 9.19. The number of benzene rings is 1. The zero-order valence-electron chi connectivity index (χ0n) is 23.6. The third kappa shape index (κ3) is 9.83. The molecule has 2 aromatic rings. The van der Waals surface area contributed by atoms with E-state index in [0.29, 0.717) is 17.1 Å². The number of nitrogens with zero attached hydrogens (tertiary/aromatic N) is 5. The summed E-state index contributed by atoms with van der Waals surface area (Å²) in [6.07, 6.45) is 8.59. The monoisotopic (exact) mass is 577 g/mol. The molecular weight excluding hydrogens is 534 g/mol. The minimum atomic E-state index is -1.03. The number of carbonyl (C=O) groups is 1. The largest absolute Gasteiger partial charge is 0.388 e. The molecular formula is C29H44ClN5O3S. The van der Waals surface area contributed by atoms with Crippen LogP contribution < -0.4 is 4.90 Å². The molecule has 5 rings (SSSR count). The Labute approximate surface area is 241 Å². The molecule has 3 fully saturated rings. The lowest BCUT2D eigenvalue weighted by atomic mass is 10.0. The third-order valence-corrected chi connectivity index (χ3v) is 9.32. The number of amides is 1. The summed E-state index contributed by atoms with van der Waals surface area (Å²) in [6, 6.07) is 14.4. The Bertz CT molecular complexity index is 984. The van der Waals surface area contributed by atoms with E-state index in [1.165, 1.54) is 6.42 Å². The molecule has 10 heteroatoms. The summed E-state index contributed by atoms with van der Waals surface area (Å²) in [5, 5.41) is 0.687. The van der Waals surface area contributed by atoms with Gasteiger partial charge >= 0.3 is 0 Å². The highest BCUT2D eigenvalue weighted by Crippen LogP contribution is 2.23. The summed E-state index contributed by atoms with van der Waals surface area (Å²) in [7, 11) is 2.22. The third-order valence-electron chi connectivity index (χ3n) is 7.42. The Morgan fingerprint density at radius 1 is 0.923 bits per heavy atom. The van der Waals surface area contributed by atoms with Crippen LogP contribution in [-0.4, -0.2) is 102 Å². The Hall–Kier alpha value is -2.04. The van der Waals surface area contributed by atoms with E-state index in [1.54, 1.807) is 26.4 Å². The zero-order valence-corrected chi connectivity index (χ0v) is 25.2. The minimum Gasteiger partial charge on any atom is -0.388 e. The zero-order chi connectivity index (χ0) is 28.0. The topological polar surface area (TPSA) is 69.2 Å². The van der Waals surface area contributed by atoms with Crippen LogP contribution in [0.3, 0.4) is 0 Å². The van der Waals surface area contributed by atoms with Gasteiger partial charge in [-0.3, -0.25) is 9.69 Å². The summed E-state index contributed by atoms with van der Waals surface area (Å²) in [5.41, 5.74) is 0. The first kappa shape index (κ1) is 31.5. The molecule has 39 heavy (non-hydrogen) atoms. The first-order valence-corrected chi connectivity index (χ1v) is 15.4. The van der Waals surface area contributed by atoms with Crippen LogP contribution in [0, 0.1) is 0 Å². The molecule has 3 aliphatic rings. The highest BCUT2D eigenvalue weighted by Gasteiger charge is 2.27. The molecule has 1 amide bonds. The van der Waals surface area contributed by atoms with Gasteiger partial charge in [-0.25, -0.2) is 13.5 Å². The van der Waals surface area contributed by atoms with Crippen molar-refractivity contribution in [1.29, 1.82) is 0 Å². The van der Waals surface area contributed by atoms with E-state index in [2.05, 4.69) is 36.8 Å². The van der Waals surface area contributed by atoms with E-state index < -0.39 is 11.0 Å². The second-order valence-corrected chi connectivity index (χ2v) is 12.1. The minimum absolute atomic E-state index is 0.408. The number of rotatable bonds is 5. The van der Waals surface area contributed by atoms with Gasteiger partial charge in [-0.15, -0.1) is 0 Å². The van der Waals surface area contributed by atoms with Crippen molar-refractivity contribution < 1.29 is 13.7 Å². The molecule has 216 valence electrons. The highest BCUT2D eigenvalue weighted by molar-refractivity contribution is 7.82. The van der Waals surface area contributed by atoms with E-state index in [4.69, 9.17) is 11.6 Å². The number of piperidine rings is 2. The molecule has 2 atom stereocenters. The van der Waals surface area contributed by atoms with Crippen molar-refractivity contribution >= 4 is 34.8 Å². The molecule has 8 nitrogen and oxygen atoms in total. The van der Waals surface area contributed by atoms with Crippen molar-refractivity contribution in [2.24, 2.45) is 0 Å². The van der Waals surface area contributed by atoms with Crippen LogP contribution >= 0.6 is 11.6 Å². The first-order chi connectivity index (χ1) is 19.0. The van der Waals surface area contributed by atoms with Crippen molar-refractivity contribution in [2.45, 2.75) is 56.0 Å². The SMILES string of the molecule is COC.C[C@@H]1CCCCN1S(=O)c1ccc(Cl)cc1.O=CN1CCC(N2CCN(c3ccccn3)CC2)CC1. The van der Waals surface area contributed by atoms with Gasteiger partial charge in [0.2, 0.25) is 6.41 Å². The maximum Gasteiger partial charge on any atom is 0.209 e. The van der Waals surface area contributed by atoms with Crippen molar-refractivity contribution in [2.75, 3.05) is 64.9 Å². The summed E-state index contributed by atoms with van der Waals surface area (Å²) in [5.74, 6) is 1.09. The molecule has 1 aromatic heterocycles. The molecule has 0 aliphatic carbocycles. The number of piperazine rings is 1. The molecule has 1 aromatic carbocycles.